The van der Waals surface area contributed by atoms with Crippen molar-refractivity contribution in [2.45, 2.75) is 6.04 Å². The number of likely N-dealkylation sites (tertiary alicyclic amines) is 1. The molecule has 1 unspecified atom stereocenters. The topological polar surface area (TPSA) is 102 Å². The summed E-state index contributed by atoms with van der Waals surface area (Å²) in [5.41, 5.74) is 1.20. The minimum Gasteiger partial charge on any atom is -0.507 e. The number of aliphatic hydroxyl groups excluding tert-OH is 1. The van der Waals surface area contributed by atoms with Gasteiger partial charge in [0.25, 0.3) is 11.7 Å². The maximum absolute atomic E-state index is 12.9. The normalized spacial score (nSPS) is 17.6. The molecule has 1 fully saturated rings. The fourth-order valence-electron chi connectivity index (χ4n) is 3.49. The van der Waals surface area contributed by atoms with E-state index in [0.717, 1.165) is 0 Å². The number of aliphatic hydroxyl groups is 1. The molecule has 31 heavy (non-hydrogen) atoms. The summed E-state index contributed by atoms with van der Waals surface area (Å²) in [5.74, 6) is -1.84. The van der Waals surface area contributed by atoms with Gasteiger partial charge in [-0.15, -0.1) is 0 Å². The summed E-state index contributed by atoms with van der Waals surface area (Å²) in [4.78, 5) is 38.8. The average Bonchev–Trinajstić information content (AvgIpc) is 3.06. The Morgan fingerprint density at radius 2 is 1.74 bits per heavy atom. The van der Waals surface area contributed by atoms with E-state index < -0.39 is 23.7 Å². The van der Waals surface area contributed by atoms with Crippen molar-refractivity contribution >= 4 is 23.4 Å². The van der Waals surface area contributed by atoms with Crippen molar-refractivity contribution in [3.05, 3.63) is 70.8 Å². The van der Waals surface area contributed by atoms with Crippen LogP contribution in [0.25, 0.3) is 5.76 Å². The van der Waals surface area contributed by atoms with Crippen LogP contribution in [-0.4, -0.2) is 62.1 Å². The molecule has 162 valence electrons. The monoisotopic (exact) mass is 425 g/mol. The molecule has 1 saturated heterocycles. The first-order chi connectivity index (χ1) is 14.9. The van der Waals surface area contributed by atoms with Crippen LogP contribution in [0, 0.1) is 0 Å². The van der Waals surface area contributed by atoms with Crippen LogP contribution in [0.3, 0.4) is 0 Å². The highest BCUT2D eigenvalue weighted by Crippen LogP contribution is 2.39. The molecule has 2 aromatic rings. The zero-order chi connectivity index (χ0) is 22.5. The van der Waals surface area contributed by atoms with Crippen LogP contribution in [-0.2, 0) is 19.1 Å². The summed E-state index contributed by atoms with van der Waals surface area (Å²) in [6.07, 6.45) is 0. The van der Waals surface area contributed by atoms with Crippen molar-refractivity contribution in [2.24, 2.45) is 0 Å². The lowest BCUT2D eigenvalue weighted by atomic mass is 9.94. The van der Waals surface area contributed by atoms with Gasteiger partial charge in [-0.1, -0.05) is 24.3 Å². The largest absolute Gasteiger partial charge is 0.507 e. The number of rotatable bonds is 7. The van der Waals surface area contributed by atoms with Crippen LogP contribution in [0.5, 0.6) is 5.75 Å². The number of benzene rings is 2. The number of amides is 1. The molecule has 3 rings (SSSR count). The summed E-state index contributed by atoms with van der Waals surface area (Å²) in [6.45, 7) is 0.363. The van der Waals surface area contributed by atoms with Gasteiger partial charge in [0.1, 0.15) is 11.5 Å². The summed E-state index contributed by atoms with van der Waals surface area (Å²) in [5, 5.41) is 11.0. The summed E-state index contributed by atoms with van der Waals surface area (Å²) >= 11 is 0. The Labute approximate surface area is 179 Å². The van der Waals surface area contributed by atoms with E-state index in [1.54, 1.807) is 48.5 Å². The first-order valence-electron chi connectivity index (χ1n) is 9.53. The number of carbonyl (C=O) groups is 3. The van der Waals surface area contributed by atoms with E-state index in [0.29, 0.717) is 22.4 Å². The van der Waals surface area contributed by atoms with Crippen molar-refractivity contribution < 1.29 is 33.7 Å². The van der Waals surface area contributed by atoms with Crippen LogP contribution >= 0.6 is 0 Å². The Hall–Kier alpha value is -3.65. The lowest BCUT2D eigenvalue weighted by molar-refractivity contribution is -0.140. The average molecular weight is 425 g/mol. The van der Waals surface area contributed by atoms with Gasteiger partial charge in [-0.3, -0.25) is 9.59 Å². The lowest BCUT2D eigenvalue weighted by Crippen LogP contribution is -2.32. The van der Waals surface area contributed by atoms with Crippen LogP contribution < -0.4 is 4.74 Å². The molecule has 1 aliphatic rings. The number of methoxy groups -OCH3 is 3. The second kappa shape index (κ2) is 9.44. The molecular weight excluding hydrogens is 402 g/mol. The van der Waals surface area contributed by atoms with Gasteiger partial charge in [0.15, 0.2) is 0 Å². The third kappa shape index (κ3) is 4.29. The summed E-state index contributed by atoms with van der Waals surface area (Å²) in [7, 11) is 4.27. The van der Waals surface area contributed by atoms with Crippen molar-refractivity contribution in [3.63, 3.8) is 0 Å². The molecular formula is C23H23NO7. The molecule has 1 aliphatic heterocycles. The Balaban J connectivity index is 2.13. The van der Waals surface area contributed by atoms with Crippen molar-refractivity contribution in [2.75, 3.05) is 34.5 Å². The second-order valence-corrected chi connectivity index (χ2v) is 6.83. The molecule has 0 bridgehead atoms. The Morgan fingerprint density at radius 1 is 1.03 bits per heavy atom. The molecule has 0 radical (unpaired) electrons. The van der Waals surface area contributed by atoms with E-state index in [1.165, 1.54) is 26.2 Å². The molecule has 0 saturated carbocycles. The molecule has 1 atom stereocenters. The van der Waals surface area contributed by atoms with Crippen LogP contribution in [0.4, 0.5) is 0 Å². The van der Waals surface area contributed by atoms with Gasteiger partial charge in [-0.25, -0.2) is 4.79 Å². The Morgan fingerprint density at radius 3 is 2.35 bits per heavy atom. The molecule has 0 spiro atoms. The van der Waals surface area contributed by atoms with E-state index in [2.05, 4.69) is 0 Å². The molecule has 0 aromatic heterocycles. The number of Topliss-reactive ketones (excluding diaryl/α,β-unsaturated/α-hetero) is 1. The van der Waals surface area contributed by atoms with E-state index in [9.17, 15) is 19.5 Å². The molecule has 1 N–H and O–H groups in total. The van der Waals surface area contributed by atoms with E-state index in [4.69, 9.17) is 14.2 Å². The predicted molar refractivity (Wildman–Crippen MR) is 112 cm³/mol. The van der Waals surface area contributed by atoms with Crippen LogP contribution in [0.2, 0.25) is 0 Å². The van der Waals surface area contributed by atoms with Gasteiger partial charge < -0.3 is 24.2 Å². The third-order valence-electron chi connectivity index (χ3n) is 5.07. The number of carbonyl (C=O) groups excluding carboxylic acids is 3. The fraction of sp³-hybridized carbons (Fsp3) is 0.261. The first-order valence-corrected chi connectivity index (χ1v) is 9.53. The highest BCUT2D eigenvalue weighted by atomic mass is 16.5. The van der Waals surface area contributed by atoms with E-state index in [-0.39, 0.29) is 24.5 Å². The number of ether oxygens (including phenoxy) is 3. The second-order valence-electron chi connectivity index (χ2n) is 6.83. The van der Waals surface area contributed by atoms with Gasteiger partial charge in [-0.2, -0.15) is 0 Å². The highest BCUT2D eigenvalue weighted by molar-refractivity contribution is 6.46. The lowest BCUT2D eigenvalue weighted by Gasteiger charge is -2.25. The molecule has 1 heterocycles. The summed E-state index contributed by atoms with van der Waals surface area (Å²) < 4.78 is 15.0. The SMILES string of the molecule is COCCN1C(=O)C(=O)/C(=C(/O)c2cccc(OC)c2)C1c1ccc(C(=O)OC)cc1. The number of hydrogen-bond donors (Lipinski definition) is 1. The first kappa shape index (κ1) is 22.0. The fourth-order valence-corrected chi connectivity index (χ4v) is 3.49. The molecule has 8 nitrogen and oxygen atoms in total. The van der Waals surface area contributed by atoms with Crippen molar-refractivity contribution in [1.82, 2.24) is 4.90 Å². The maximum atomic E-state index is 12.9. The minimum absolute atomic E-state index is 0.0415. The van der Waals surface area contributed by atoms with Gasteiger partial charge in [-0.05, 0) is 29.8 Å². The maximum Gasteiger partial charge on any atom is 0.337 e. The molecule has 0 aliphatic carbocycles. The molecule has 2 aromatic carbocycles. The quantitative estimate of drug-likeness (QED) is 0.315. The zero-order valence-corrected chi connectivity index (χ0v) is 17.5. The Kier molecular flexibility index (Phi) is 6.71. The van der Waals surface area contributed by atoms with E-state index in [1.807, 2.05) is 0 Å². The zero-order valence-electron chi connectivity index (χ0n) is 17.5. The molecule has 1 amide bonds. The number of ketones is 1. The van der Waals surface area contributed by atoms with Gasteiger partial charge >= 0.3 is 5.97 Å². The van der Waals surface area contributed by atoms with Gasteiger partial charge in [0.2, 0.25) is 0 Å². The predicted octanol–water partition coefficient (Wildman–Crippen LogP) is 2.55. The number of esters is 1. The van der Waals surface area contributed by atoms with E-state index >= 15 is 0 Å². The number of nitrogens with zero attached hydrogens (tertiary/aromatic N) is 1. The Bertz CT molecular complexity index is 1030. The van der Waals surface area contributed by atoms with Crippen molar-refractivity contribution in [1.29, 1.82) is 0 Å². The van der Waals surface area contributed by atoms with Gasteiger partial charge in [0.05, 0.1) is 38.0 Å². The van der Waals surface area contributed by atoms with Gasteiger partial charge in [0, 0.05) is 19.2 Å². The van der Waals surface area contributed by atoms with Crippen LogP contribution in [0.15, 0.2) is 54.1 Å². The third-order valence-corrected chi connectivity index (χ3v) is 5.07. The molecule has 8 heteroatoms. The van der Waals surface area contributed by atoms with Crippen LogP contribution in [0.1, 0.15) is 27.5 Å². The number of hydrogen-bond acceptors (Lipinski definition) is 7. The smallest absolute Gasteiger partial charge is 0.337 e. The summed E-state index contributed by atoms with van der Waals surface area (Å²) in [6, 6.07) is 12.1. The standard InChI is InChI=1S/C23H23NO7/c1-29-12-11-24-19(14-7-9-15(10-8-14)23(28)31-3)18(21(26)22(24)27)20(25)16-5-4-6-17(13-16)30-2/h4-10,13,19,25H,11-12H2,1-3H3/b20-18+. The minimum atomic E-state index is -0.840. The van der Waals surface area contributed by atoms with Crippen molar-refractivity contribution in [3.8, 4) is 5.75 Å². The highest BCUT2D eigenvalue weighted by Gasteiger charge is 2.45.